The normalized spacial score (nSPS) is 18.2. The first-order valence-electron chi connectivity index (χ1n) is 7.61. The summed E-state index contributed by atoms with van der Waals surface area (Å²) in [6.07, 6.45) is 6.38. The Balaban J connectivity index is 1.79. The van der Waals surface area contributed by atoms with Crippen molar-refractivity contribution >= 4 is 22.4 Å². The van der Waals surface area contributed by atoms with Gasteiger partial charge in [-0.2, -0.15) is 0 Å². The smallest absolute Gasteiger partial charge is 0.0406 e. The lowest BCUT2D eigenvalue weighted by molar-refractivity contribution is 0.257. The molecule has 0 atom stereocenters. The molecule has 1 fully saturated rings. The van der Waals surface area contributed by atoms with Crippen molar-refractivity contribution in [1.82, 2.24) is 5.32 Å². The molecule has 0 spiro atoms. The molecule has 2 heteroatoms. The number of benzene rings is 2. The van der Waals surface area contributed by atoms with Crippen molar-refractivity contribution in [3.05, 3.63) is 48.0 Å². The van der Waals surface area contributed by atoms with E-state index in [2.05, 4.69) is 47.8 Å². The van der Waals surface area contributed by atoms with Crippen LogP contribution in [0, 0.1) is 0 Å². The molecule has 0 saturated heterocycles. The van der Waals surface area contributed by atoms with Crippen molar-refractivity contribution in [2.45, 2.75) is 44.2 Å². The van der Waals surface area contributed by atoms with Crippen LogP contribution in [0.15, 0.2) is 42.5 Å². The quantitative estimate of drug-likeness (QED) is 0.791. The summed E-state index contributed by atoms with van der Waals surface area (Å²) in [4.78, 5) is 0. The molecule has 0 heterocycles. The number of hydrogen-bond acceptors (Lipinski definition) is 1. The molecule has 2 aromatic rings. The van der Waals surface area contributed by atoms with Crippen LogP contribution in [0.3, 0.4) is 0 Å². The zero-order valence-electron chi connectivity index (χ0n) is 11.9. The van der Waals surface area contributed by atoms with E-state index in [4.69, 9.17) is 11.6 Å². The highest BCUT2D eigenvalue weighted by Gasteiger charge is 2.30. The molecule has 3 rings (SSSR count). The van der Waals surface area contributed by atoms with Crippen LogP contribution >= 0.6 is 11.6 Å². The molecule has 0 unspecified atom stereocenters. The predicted octanol–water partition coefficient (Wildman–Crippen LogP) is 4.87. The highest BCUT2D eigenvalue weighted by molar-refractivity contribution is 6.18. The lowest BCUT2D eigenvalue weighted by Crippen LogP contribution is -2.48. The maximum absolute atomic E-state index is 6.26. The molecule has 0 amide bonds. The third-order valence-corrected chi connectivity index (χ3v) is 5.11. The fraction of sp³-hybridized carbons (Fsp3) is 0.444. The van der Waals surface area contributed by atoms with Gasteiger partial charge in [-0.3, -0.25) is 0 Å². The largest absolute Gasteiger partial charge is 0.306 e. The second-order valence-corrected chi connectivity index (χ2v) is 6.23. The molecule has 1 saturated carbocycles. The van der Waals surface area contributed by atoms with Gasteiger partial charge in [-0.1, -0.05) is 61.7 Å². The second kappa shape index (κ2) is 6.15. The first-order chi connectivity index (χ1) is 9.83. The standard InChI is InChI=1S/C18H22ClN/c19-14-18(11-4-1-5-12-18)20-13-16-9-6-8-15-7-2-3-10-17(15)16/h2-3,6-10,20H,1,4-5,11-14H2. The van der Waals surface area contributed by atoms with Crippen molar-refractivity contribution < 1.29 is 0 Å². The molecular formula is C18H22ClN. The Labute approximate surface area is 126 Å². The van der Waals surface area contributed by atoms with Crippen molar-refractivity contribution in [3.63, 3.8) is 0 Å². The van der Waals surface area contributed by atoms with Crippen LogP contribution in [0.1, 0.15) is 37.7 Å². The number of halogens is 1. The average molecular weight is 288 g/mol. The van der Waals surface area contributed by atoms with Crippen LogP contribution < -0.4 is 5.32 Å². The van der Waals surface area contributed by atoms with Crippen LogP contribution in [0.4, 0.5) is 0 Å². The van der Waals surface area contributed by atoms with Crippen molar-refractivity contribution in [2.75, 3.05) is 5.88 Å². The Kier molecular flexibility index (Phi) is 4.28. The third kappa shape index (κ3) is 2.84. The Morgan fingerprint density at radius 1 is 0.950 bits per heavy atom. The molecule has 106 valence electrons. The van der Waals surface area contributed by atoms with Gasteiger partial charge >= 0.3 is 0 Å². The van der Waals surface area contributed by atoms with Gasteiger partial charge in [0.2, 0.25) is 0 Å². The van der Waals surface area contributed by atoms with E-state index in [1.807, 2.05) is 0 Å². The molecule has 0 bridgehead atoms. The van der Waals surface area contributed by atoms with Gasteiger partial charge in [-0.05, 0) is 29.2 Å². The van der Waals surface area contributed by atoms with E-state index in [9.17, 15) is 0 Å². The van der Waals surface area contributed by atoms with Gasteiger partial charge in [0.15, 0.2) is 0 Å². The van der Waals surface area contributed by atoms with Gasteiger partial charge in [0.05, 0.1) is 0 Å². The fourth-order valence-electron chi connectivity index (χ4n) is 3.32. The Morgan fingerprint density at radius 2 is 1.70 bits per heavy atom. The van der Waals surface area contributed by atoms with Gasteiger partial charge < -0.3 is 5.32 Å². The molecule has 1 aliphatic carbocycles. The maximum atomic E-state index is 6.26. The van der Waals surface area contributed by atoms with Gasteiger partial charge in [0.1, 0.15) is 0 Å². The molecular weight excluding hydrogens is 266 g/mol. The van der Waals surface area contributed by atoms with Crippen molar-refractivity contribution in [3.8, 4) is 0 Å². The number of nitrogens with one attached hydrogen (secondary N) is 1. The fourth-order valence-corrected chi connectivity index (χ4v) is 3.68. The number of alkyl halides is 1. The zero-order chi connectivity index (χ0) is 13.8. The number of fused-ring (bicyclic) bond motifs is 1. The maximum Gasteiger partial charge on any atom is 0.0406 e. The van der Waals surface area contributed by atoms with E-state index in [1.165, 1.54) is 48.4 Å². The molecule has 2 aromatic carbocycles. The highest BCUT2D eigenvalue weighted by atomic mass is 35.5. The Hall–Kier alpha value is -1.05. The SMILES string of the molecule is ClCC1(NCc2cccc3ccccc23)CCCCC1. The first-order valence-corrected chi connectivity index (χ1v) is 8.14. The van der Waals surface area contributed by atoms with Crippen molar-refractivity contribution in [1.29, 1.82) is 0 Å². The first kappa shape index (κ1) is 13.9. The third-order valence-electron chi connectivity index (χ3n) is 4.60. The van der Waals surface area contributed by atoms with Crippen LogP contribution in [0.2, 0.25) is 0 Å². The molecule has 1 nitrogen and oxygen atoms in total. The molecule has 0 aromatic heterocycles. The Bertz CT molecular complexity index is 567. The lowest BCUT2D eigenvalue weighted by Gasteiger charge is -2.37. The van der Waals surface area contributed by atoms with E-state index < -0.39 is 0 Å². The average Bonchev–Trinajstić information content (AvgIpc) is 2.54. The monoisotopic (exact) mass is 287 g/mol. The number of hydrogen-bond donors (Lipinski definition) is 1. The summed E-state index contributed by atoms with van der Waals surface area (Å²) in [6, 6.07) is 15.1. The van der Waals surface area contributed by atoms with Crippen LogP contribution in [-0.4, -0.2) is 11.4 Å². The molecule has 0 aliphatic heterocycles. The van der Waals surface area contributed by atoms with E-state index in [1.54, 1.807) is 0 Å². The molecule has 1 aliphatic rings. The van der Waals surface area contributed by atoms with E-state index in [0.717, 1.165) is 12.4 Å². The molecule has 0 radical (unpaired) electrons. The summed E-state index contributed by atoms with van der Waals surface area (Å²) in [5.41, 5.74) is 1.52. The van der Waals surface area contributed by atoms with E-state index in [0.29, 0.717) is 0 Å². The topological polar surface area (TPSA) is 12.0 Å². The lowest BCUT2D eigenvalue weighted by atomic mass is 9.83. The minimum atomic E-state index is 0.150. The summed E-state index contributed by atoms with van der Waals surface area (Å²) in [7, 11) is 0. The van der Waals surface area contributed by atoms with Gasteiger partial charge in [0.25, 0.3) is 0 Å². The van der Waals surface area contributed by atoms with E-state index >= 15 is 0 Å². The Morgan fingerprint density at radius 3 is 2.50 bits per heavy atom. The predicted molar refractivity (Wildman–Crippen MR) is 87.3 cm³/mol. The van der Waals surface area contributed by atoms with Crippen LogP contribution in [-0.2, 0) is 6.54 Å². The van der Waals surface area contributed by atoms with Gasteiger partial charge in [0, 0.05) is 18.0 Å². The molecule has 1 N–H and O–H groups in total. The summed E-state index contributed by atoms with van der Waals surface area (Å²) in [5, 5.41) is 6.43. The summed E-state index contributed by atoms with van der Waals surface area (Å²) >= 11 is 6.26. The van der Waals surface area contributed by atoms with E-state index in [-0.39, 0.29) is 5.54 Å². The zero-order valence-corrected chi connectivity index (χ0v) is 12.6. The summed E-state index contributed by atoms with van der Waals surface area (Å²) in [6.45, 7) is 0.911. The minimum Gasteiger partial charge on any atom is -0.306 e. The molecule has 20 heavy (non-hydrogen) atoms. The highest BCUT2D eigenvalue weighted by Crippen LogP contribution is 2.30. The van der Waals surface area contributed by atoms with Gasteiger partial charge in [-0.15, -0.1) is 11.6 Å². The van der Waals surface area contributed by atoms with Gasteiger partial charge in [-0.25, -0.2) is 0 Å². The van der Waals surface area contributed by atoms with Crippen molar-refractivity contribution in [2.24, 2.45) is 0 Å². The minimum absolute atomic E-state index is 0.150. The summed E-state index contributed by atoms with van der Waals surface area (Å²) in [5.74, 6) is 0.720. The number of rotatable bonds is 4. The second-order valence-electron chi connectivity index (χ2n) is 5.97. The summed E-state index contributed by atoms with van der Waals surface area (Å²) < 4.78 is 0. The van der Waals surface area contributed by atoms with Crippen LogP contribution in [0.5, 0.6) is 0 Å². The van der Waals surface area contributed by atoms with Crippen LogP contribution in [0.25, 0.3) is 10.8 Å².